The molecule has 0 spiro atoms. The van der Waals surface area contributed by atoms with Gasteiger partial charge in [0.15, 0.2) is 0 Å². The van der Waals surface area contributed by atoms with Crippen molar-refractivity contribution in [2.75, 3.05) is 36.8 Å². The Morgan fingerprint density at radius 1 is 1.19 bits per heavy atom. The maximum atomic E-state index is 12.5. The third-order valence-corrected chi connectivity index (χ3v) is 6.89. The minimum absolute atomic E-state index is 0.0613. The Bertz CT molecular complexity index is 684. The van der Waals surface area contributed by atoms with Crippen molar-refractivity contribution < 1.29 is 13.2 Å². The normalized spacial score (nSPS) is 18.5. The Kier molecular flexibility index (Phi) is 7.46. The number of nitrogens with one attached hydrogen (secondary N) is 1. The van der Waals surface area contributed by atoms with Gasteiger partial charge in [-0.3, -0.25) is 4.79 Å². The molecule has 1 heterocycles. The maximum Gasteiger partial charge on any atom is 0.224 e. The fourth-order valence-electron chi connectivity index (χ4n) is 3.34. The van der Waals surface area contributed by atoms with E-state index in [1.165, 1.54) is 9.99 Å². The summed E-state index contributed by atoms with van der Waals surface area (Å²) in [7, 11) is -3.22. The van der Waals surface area contributed by atoms with E-state index in [4.69, 9.17) is 0 Å². The molecule has 1 aromatic carbocycles. The number of anilines is 1. The number of carbonyl (C=O) groups is 1. The number of sulfonamides is 1. The Morgan fingerprint density at radius 2 is 1.85 bits per heavy atom. The van der Waals surface area contributed by atoms with Gasteiger partial charge in [0, 0.05) is 38.4 Å². The van der Waals surface area contributed by atoms with Crippen LogP contribution in [0.1, 0.15) is 39.2 Å². The van der Waals surface area contributed by atoms with Crippen molar-refractivity contribution >= 4 is 21.6 Å². The van der Waals surface area contributed by atoms with E-state index in [2.05, 4.69) is 36.2 Å². The molecule has 0 unspecified atom stereocenters. The average Bonchev–Trinajstić information content (AvgIpc) is 2.68. The topological polar surface area (TPSA) is 69.7 Å². The molecule has 1 N–H and O–H groups in total. The van der Waals surface area contributed by atoms with Gasteiger partial charge in [0.2, 0.25) is 15.9 Å². The molecule has 0 aliphatic carbocycles. The second kappa shape index (κ2) is 9.37. The van der Waals surface area contributed by atoms with Crippen LogP contribution in [0.5, 0.6) is 0 Å². The van der Waals surface area contributed by atoms with Crippen LogP contribution < -0.4 is 10.2 Å². The summed E-state index contributed by atoms with van der Waals surface area (Å²) in [5.41, 5.74) is 2.22. The molecule has 1 atom stereocenters. The Labute approximate surface area is 157 Å². The van der Waals surface area contributed by atoms with Gasteiger partial charge in [-0.25, -0.2) is 12.7 Å². The highest BCUT2D eigenvalue weighted by Gasteiger charge is 2.31. The summed E-state index contributed by atoms with van der Waals surface area (Å²) in [5.74, 6) is -0.242. The van der Waals surface area contributed by atoms with Gasteiger partial charge in [0.1, 0.15) is 0 Å². The number of nitrogens with zero attached hydrogens (tertiary/aromatic N) is 2. The van der Waals surface area contributed by atoms with E-state index < -0.39 is 10.0 Å². The molecule has 0 radical (unpaired) electrons. The molecular formula is C19H31N3O3S. The molecule has 1 amide bonds. The summed E-state index contributed by atoms with van der Waals surface area (Å²) >= 11 is 0. The second-order valence-electron chi connectivity index (χ2n) is 6.65. The first-order valence-corrected chi connectivity index (χ1v) is 11.1. The number of amides is 1. The van der Waals surface area contributed by atoms with Gasteiger partial charge < -0.3 is 10.2 Å². The molecular weight excluding hydrogens is 350 g/mol. The first-order chi connectivity index (χ1) is 12.4. The zero-order valence-corrected chi connectivity index (χ0v) is 16.9. The maximum absolute atomic E-state index is 12.5. The van der Waals surface area contributed by atoms with Crippen LogP contribution in [-0.2, 0) is 21.4 Å². The molecule has 146 valence electrons. The van der Waals surface area contributed by atoms with Gasteiger partial charge >= 0.3 is 0 Å². The van der Waals surface area contributed by atoms with Crippen LogP contribution in [0.2, 0.25) is 0 Å². The summed E-state index contributed by atoms with van der Waals surface area (Å²) in [6.45, 7) is 9.11. The van der Waals surface area contributed by atoms with Crippen molar-refractivity contribution in [2.24, 2.45) is 5.92 Å². The number of rotatable bonds is 8. The first-order valence-electron chi connectivity index (χ1n) is 9.50. The van der Waals surface area contributed by atoms with Gasteiger partial charge in [-0.2, -0.15) is 0 Å². The van der Waals surface area contributed by atoms with Crippen LogP contribution >= 0.6 is 0 Å². The van der Waals surface area contributed by atoms with Gasteiger partial charge in [0.05, 0.1) is 11.7 Å². The van der Waals surface area contributed by atoms with Crippen LogP contribution in [0.4, 0.5) is 5.69 Å². The predicted octanol–water partition coefficient (Wildman–Crippen LogP) is 2.21. The molecule has 1 fully saturated rings. The van der Waals surface area contributed by atoms with Crippen molar-refractivity contribution in [2.45, 2.75) is 40.2 Å². The van der Waals surface area contributed by atoms with Gasteiger partial charge in [-0.15, -0.1) is 0 Å². The van der Waals surface area contributed by atoms with Crippen molar-refractivity contribution in [3.63, 3.8) is 0 Å². The number of piperidine rings is 1. The number of benzene rings is 1. The van der Waals surface area contributed by atoms with E-state index in [1.807, 2.05) is 12.1 Å². The fraction of sp³-hybridized carbons (Fsp3) is 0.632. The highest BCUT2D eigenvalue weighted by atomic mass is 32.2. The van der Waals surface area contributed by atoms with Crippen LogP contribution in [0.25, 0.3) is 0 Å². The molecule has 1 aliphatic heterocycles. The lowest BCUT2D eigenvalue weighted by Gasteiger charge is -2.30. The smallest absolute Gasteiger partial charge is 0.224 e. The van der Waals surface area contributed by atoms with E-state index in [0.717, 1.165) is 31.5 Å². The average molecular weight is 382 g/mol. The van der Waals surface area contributed by atoms with E-state index in [1.54, 1.807) is 6.92 Å². The summed E-state index contributed by atoms with van der Waals surface area (Å²) in [6.07, 6.45) is 1.47. The SMILES string of the molecule is CCN(CC)c1ccc(CNC(=O)[C@@H]2CCCN(S(=O)(=O)CC)C2)cc1. The molecule has 1 aliphatic rings. The summed E-state index contributed by atoms with van der Waals surface area (Å²) < 4.78 is 25.5. The van der Waals surface area contributed by atoms with E-state index >= 15 is 0 Å². The summed E-state index contributed by atoms with van der Waals surface area (Å²) in [6, 6.07) is 8.21. The summed E-state index contributed by atoms with van der Waals surface area (Å²) in [5, 5.41) is 2.96. The highest BCUT2D eigenvalue weighted by Crippen LogP contribution is 2.20. The van der Waals surface area contributed by atoms with Crippen molar-refractivity contribution in [3.05, 3.63) is 29.8 Å². The molecule has 0 saturated carbocycles. The minimum Gasteiger partial charge on any atom is -0.372 e. The van der Waals surface area contributed by atoms with E-state index in [-0.39, 0.29) is 17.6 Å². The largest absolute Gasteiger partial charge is 0.372 e. The number of hydrogen-bond donors (Lipinski definition) is 1. The third-order valence-electron chi connectivity index (χ3n) is 5.04. The first kappa shape index (κ1) is 20.7. The minimum atomic E-state index is -3.22. The van der Waals surface area contributed by atoms with Crippen LogP contribution in [0.3, 0.4) is 0 Å². The molecule has 1 saturated heterocycles. The molecule has 2 rings (SSSR count). The lowest BCUT2D eigenvalue weighted by molar-refractivity contribution is -0.126. The Balaban J connectivity index is 1.90. The molecule has 26 heavy (non-hydrogen) atoms. The van der Waals surface area contributed by atoms with Gasteiger partial charge in [0.25, 0.3) is 0 Å². The van der Waals surface area contributed by atoms with E-state index in [9.17, 15) is 13.2 Å². The monoisotopic (exact) mass is 381 g/mol. The number of carbonyl (C=O) groups excluding carboxylic acids is 1. The van der Waals surface area contributed by atoms with Crippen LogP contribution in [-0.4, -0.2) is 50.6 Å². The zero-order chi connectivity index (χ0) is 19.2. The molecule has 0 bridgehead atoms. The fourth-order valence-corrected chi connectivity index (χ4v) is 4.52. The molecule has 1 aromatic rings. The Hall–Kier alpha value is -1.60. The molecule has 6 nitrogen and oxygen atoms in total. The molecule has 7 heteroatoms. The predicted molar refractivity (Wildman–Crippen MR) is 106 cm³/mol. The lowest BCUT2D eigenvalue weighted by Crippen LogP contribution is -2.45. The van der Waals surface area contributed by atoms with Crippen LogP contribution in [0, 0.1) is 5.92 Å². The second-order valence-corrected chi connectivity index (χ2v) is 8.91. The highest BCUT2D eigenvalue weighted by molar-refractivity contribution is 7.89. The van der Waals surface area contributed by atoms with E-state index in [0.29, 0.717) is 19.6 Å². The lowest BCUT2D eigenvalue weighted by atomic mass is 9.98. The quantitative estimate of drug-likeness (QED) is 0.750. The Morgan fingerprint density at radius 3 is 2.42 bits per heavy atom. The number of hydrogen-bond acceptors (Lipinski definition) is 4. The van der Waals surface area contributed by atoms with Crippen molar-refractivity contribution in [3.8, 4) is 0 Å². The van der Waals surface area contributed by atoms with Gasteiger partial charge in [-0.1, -0.05) is 12.1 Å². The summed E-state index contributed by atoms with van der Waals surface area (Å²) in [4.78, 5) is 14.7. The van der Waals surface area contributed by atoms with Gasteiger partial charge in [-0.05, 0) is 51.3 Å². The van der Waals surface area contributed by atoms with Crippen molar-refractivity contribution in [1.82, 2.24) is 9.62 Å². The molecule has 0 aromatic heterocycles. The van der Waals surface area contributed by atoms with Crippen LogP contribution in [0.15, 0.2) is 24.3 Å². The zero-order valence-electron chi connectivity index (χ0n) is 16.1. The third kappa shape index (κ3) is 5.20. The standard InChI is InChI=1S/C19H31N3O3S/c1-4-21(5-2)18-11-9-16(10-12-18)14-20-19(23)17-8-7-13-22(15-17)26(24,25)6-3/h9-12,17H,4-8,13-15H2,1-3H3,(H,20,23)/t17-/m1/s1. The van der Waals surface area contributed by atoms with Crippen molar-refractivity contribution in [1.29, 1.82) is 0 Å².